The molecule has 7 nitrogen and oxygen atoms in total. The highest BCUT2D eigenvalue weighted by Crippen LogP contribution is 2.28. The molecule has 9 heteroatoms. The smallest absolute Gasteiger partial charge is 0.244 e. The van der Waals surface area contributed by atoms with Gasteiger partial charge in [-0.25, -0.2) is 8.42 Å². The van der Waals surface area contributed by atoms with Crippen molar-refractivity contribution >= 4 is 49.9 Å². The molecule has 0 spiro atoms. The van der Waals surface area contributed by atoms with Crippen molar-refractivity contribution in [1.82, 2.24) is 10.2 Å². The molecule has 0 aromatic heterocycles. The van der Waals surface area contributed by atoms with E-state index in [1.165, 1.54) is 4.90 Å². The van der Waals surface area contributed by atoms with E-state index in [1.54, 1.807) is 43.3 Å². The quantitative estimate of drug-likeness (QED) is 0.462. The minimum Gasteiger partial charge on any atom is -0.350 e. The molecule has 0 aliphatic rings. The number of nitrogens with zero attached hydrogens (tertiary/aromatic N) is 2. The van der Waals surface area contributed by atoms with Crippen LogP contribution in [0.2, 0.25) is 5.02 Å². The summed E-state index contributed by atoms with van der Waals surface area (Å²) in [5.74, 6) is -0.833. The van der Waals surface area contributed by atoms with Crippen molar-refractivity contribution in [3.05, 3.63) is 77.3 Å². The zero-order chi connectivity index (χ0) is 26.7. The SMILES string of the molecule is C[C@@H](C(=O)NC(C)(C)C)N(Cc1ccc(Cl)cc1)C(=O)CN(c1cccc2ccccc12)S(C)(=O)=O. The normalized spacial score (nSPS) is 12.7. The zero-order valence-electron chi connectivity index (χ0n) is 21.2. The van der Waals surface area contributed by atoms with Gasteiger partial charge < -0.3 is 10.2 Å². The third kappa shape index (κ3) is 6.98. The maximum absolute atomic E-state index is 13.7. The minimum absolute atomic E-state index is 0.113. The topological polar surface area (TPSA) is 86.8 Å². The summed E-state index contributed by atoms with van der Waals surface area (Å²) in [7, 11) is -3.82. The third-order valence-electron chi connectivity index (χ3n) is 5.65. The largest absolute Gasteiger partial charge is 0.350 e. The van der Waals surface area contributed by atoms with Gasteiger partial charge in [-0.1, -0.05) is 60.1 Å². The Labute approximate surface area is 218 Å². The van der Waals surface area contributed by atoms with Crippen LogP contribution < -0.4 is 9.62 Å². The van der Waals surface area contributed by atoms with Gasteiger partial charge >= 0.3 is 0 Å². The Balaban J connectivity index is 1.99. The molecule has 2 amide bonds. The van der Waals surface area contributed by atoms with Crippen LogP contribution >= 0.6 is 11.6 Å². The first-order valence-electron chi connectivity index (χ1n) is 11.6. The molecule has 3 aromatic rings. The molecule has 192 valence electrons. The maximum atomic E-state index is 13.7. The highest BCUT2D eigenvalue weighted by atomic mass is 35.5. The van der Waals surface area contributed by atoms with E-state index in [1.807, 2.05) is 51.1 Å². The zero-order valence-corrected chi connectivity index (χ0v) is 22.7. The first kappa shape index (κ1) is 27.5. The Kier molecular flexibility index (Phi) is 8.31. The Morgan fingerprint density at radius 3 is 2.19 bits per heavy atom. The highest BCUT2D eigenvalue weighted by molar-refractivity contribution is 7.92. The van der Waals surface area contributed by atoms with Crippen LogP contribution in [0.4, 0.5) is 5.69 Å². The first-order valence-corrected chi connectivity index (χ1v) is 13.8. The average molecular weight is 530 g/mol. The molecule has 0 aliphatic heterocycles. The van der Waals surface area contributed by atoms with Gasteiger partial charge in [0.15, 0.2) is 0 Å². The number of nitrogens with one attached hydrogen (secondary N) is 1. The number of anilines is 1. The van der Waals surface area contributed by atoms with Crippen molar-refractivity contribution in [3.8, 4) is 0 Å². The van der Waals surface area contributed by atoms with E-state index in [0.717, 1.165) is 21.5 Å². The van der Waals surface area contributed by atoms with Gasteiger partial charge in [-0.05, 0) is 56.8 Å². The van der Waals surface area contributed by atoms with E-state index in [9.17, 15) is 18.0 Å². The fourth-order valence-corrected chi connectivity index (χ4v) is 4.85. The molecule has 0 fully saturated rings. The number of carbonyl (C=O) groups is 2. The number of benzene rings is 3. The predicted octanol–water partition coefficient (Wildman–Crippen LogP) is 4.59. The summed E-state index contributed by atoms with van der Waals surface area (Å²) < 4.78 is 26.9. The van der Waals surface area contributed by atoms with Gasteiger partial charge in [-0.2, -0.15) is 0 Å². The average Bonchev–Trinajstić information content (AvgIpc) is 2.79. The van der Waals surface area contributed by atoms with Crippen molar-refractivity contribution in [2.24, 2.45) is 0 Å². The lowest BCUT2D eigenvalue weighted by atomic mass is 10.1. The number of hydrogen-bond donors (Lipinski definition) is 1. The predicted molar refractivity (Wildman–Crippen MR) is 145 cm³/mol. The molecule has 1 N–H and O–H groups in total. The fraction of sp³-hybridized carbons (Fsp3) is 0.333. The van der Waals surface area contributed by atoms with Crippen LogP contribution in [0.1, 0.15) is 33.3 Å². The molecule has 36 heavy (non-hydrogen) atoms. The van der Waals surface area contributed by atoms with Gasteiger partial charge in [-0.15, -0.1) is 0 Å². The number of rotatable bonds is 8. The standard InChI is InChI=1S/C27H32ClN3O4S/c1-19(26(33)29-27(2,3)4)30(17-20-13-15-22(28)16-14-20)25(32)18-31(36(5,34)35)24-12-8-10-21-9-6-7-11-23(21)24/h6-16,19H,17-18H2,1-5H3,(H,29,33)/t19-/m0/s1. The van der Waals surface area contributed by atoms with Crippen LogP contribution in [0.5, 0.6) is 0 Å². The molecule has 1 atom stereocenters. The lowest BCUT2D eigenvalue weighted by Crippen LogP contribution is -2.54. The van der Waals surface area contributed by atoms with Crippen molar-refractivity contribution in [3.63, 3.8) is 0 Å². The maximum Gasteiger partial charge on any atom is 0.244 e. The van der Waals surface area contributed by atoms with E-state index >= 15 is 0 Å². The van der Waals surface area contributed by atoms with Gasteiger partial charge in [0, 0.05) is 22.5 Å². The molecule has 3 aromatic carbocycles. The molecular weight excluding hydrogens is 498 g/mol. The summed E-state index contributed by atoms with van der Waals surface area (Å²) in [6, 6.07) is 18.8. The number of hydrogen-bond acceptors (Lipinski definition) is 4. The summed E-state index contributed by atoms with van der Waals surface area (Å²) >= 11 is 6.01. The van der Waals surface area contributed by atoms with Gasteiger partial charge in [0.2, 0.25) is 21.8 Å². The molecule has 0 unspecified atom stereocenters. The number of carbonyl (C=O) groups excluding carboxylic acids is 2. The second-order valence-corrected chi connectivity index (χ2v) is 12.2. The second kappa shape index (κ2) is 10.9. The summed E-state index contributed by atoms with van der Waals surface area (Å²) in [6.45, 7) is 6.87. The summed E-state index contributed by atoms with van der Waals surface area (Å²) in [5.41, 5.74) is 0.670. The van der Waals surface area contributed by atoms with Crippen LogP contribution in [0, 0.1) is 0 Å². The van der Waals surface area contributed by atoms with Gasteiger partial charge in [-0.3, -0.25) is 13.9 Å². The van der Waals surface area contributed by atoms with E-state index in [0.29, 0.717) is 16.1 Å². The van der Waals surface area contributed by atoms with Crippen molar-refractivity contribution < 1.29 is 18.0 Å². The molecule has 0 saturated heterocycles. The fourth-order valence-electron chi connectivity index (χ4n) is 3.86. The lowest BCUT2D eigenvalue weighted by Gasteiger charge is -2.33. The molecule has 0 saturated carbocycles. The van der Waals surface area contributed by atoms with Crippen LogP contribution in [-0.2, 0) is 26.2 Å². The summed E-state index contributed by atoms with van der Waals surface area (Å²) in [4.78, 5) is 28.1. The molecule has 0 radical (unpaired) electrons. The number of sulfonamides is 1. The Hall–Kier alpha value is -3.10. The van der Waals surface area contributed by atoms with Gasteiger partial charge in [0.05, 0.1) is 11.9 Å². The third-order valence-corrected chi connectivity index (χ3v) is 7.02. The highest BCUT2D eigenvalue weighted by Gasteiger charge is 2.31. The molecule has 0 bridgehead atoms. The molecule has 3 rings (SSSR count). The van der Waals surface area contributed by atoms with E-state index < -0.39 is 34.1 Å². The van der Waals surface area contributed by atoms with Crippen LogP contribution in [0.25, 0.3) is 10.8 Å². The number of amides is 2. The monoisotopic (exact) mass is 529 g/mol. The summed E-state index contributed by atoms with van der Waals surface area (Å²) in [6.07, 6.45) is 1.07. The van der Waals surface area contributed by atoms with Crippen LogP contribution in [0.3, 0.4) is 0 Å². The van der Waals surface area contributed by atoms with Crippen molar-refractivity contribution in [1.29, 1.82) is 0 Å². The number of fused-ring (bicyclic) bond motifs is 1. The summed E-state index contributed by atoms with van der Waals surface area (Å²) in [5, 5.41) is 5.02. The Morgan fingerprint density at radius 1 is 0.972 bits per heavy atom. The molecule has 0 heterocycles. The Morgan fingerprint density at radius 2 is 1.58 bits per heavy atom. The van der Waals surface area contributed by atoms with Crippen molar-refractivity contribution in [2.45, 2.75) is 45.8 Å². The second-order valence-electron chi connectivity index (χ2n) is 9.83. The van der Waals surface area contributed by atoms with Gasteiger partial charge in [0.1, 0.15) is 12.6 Å². The minimum atomic E-state index is -3.82. The first-order chi connectivity index (χ1) is 16.8. The number of halogens is 1. The van der Waals surface area contributed by atoms with E-state index in [2.05, 4.69) is 5.32 Å². The Bertz CT molecular complexity index is 1350. The van der Waals surface area contributed by atoms with Crippen molar-refractivity contribution in [2.75, 3.05) is 17.1 Å². The van der Waals surface area contributed by atoms with E-state index in [4.69, 9.17) is 11.6 Å². The van der Waals surface area contributed by atoms with Crippen LogP contribution in [0.15, 0.2) is 66.7 Å². The molecular formula is C27H32ClN3O4S. The van der Waals surface area contributed by atoms with Crippen LogP contribution in [-0.4, -0.2) is 49.5 Å². The lowest BCUT2D eigenvalue weighted by molar-refractivity contribution is -0.140. The van der Waals surface area contributed by atoms with Gasteiger partial charge in [0.25, 0.3) is 0 Å². The molecule has 0 aliphatic carbocycles. The van der Waals surface area contributed by atoms with E-state index in [-0.39, 0.29) is 12.5 Å².